The number of nitrogens with zero attached hydrogens (tertiary/aromatic N) is 3. The quantitative estimate of drug-likeness (QED) is 0.781. The molecule has 2 aliphatic rings. The SMILES string of the molecule is COC(=O)c1cnc(N2CCNC3(C[C@H]3C)C2)cn1. The van der Waals surface area contributed by atoms with Crippen molar-refractivity contribution in [1.82, 2.24) is 15.3 Å². The Balaban J connectivity index is 1.73. The fraction of sp³-hybridized carbons (Fsp3) is 0.615. The van der Waals surface area contributed by atoms with Crippen LogP contribution in [0.1, 0.15) is 23.8 Å². The normalized spacial score (nSPS) is 29.4. The number of rotatable bonds is 2. The number of ether oxygens (including phenoxy) is 1. The Kier molecular flexibility index (Phi) is 2.89. The van der Waals surface area contributed by atoms with E-state index >= 15 is 0 Å². The number of hydrogen-bond acceptors (Lipinski definition) is 6. The van der Waals surface area contributed by atoms with Gasteiger partial charge in [0.25, 0.3) is 0 Å². The molecule has 1 aliphatic heterocycles. The second-order valence-corrected chi connectivity index (χ2v) is 5.36. The minimum atomic E-state index is -0.452. The predicted molar refractivity (Wildman–Crippen MR) is 70.1 cm³/mol. The molecule has 0 bridgehead atoms. The molecule has 1 saturated carbocycles. The molecule has 0 amide bonds. The lowest BCUT2D eigenvalue weighted by molar-refractivity contribution is 0.0593. The molecule has 6 heteroatoms. The van der Waals surface area contributed by atoms with E-state index in [-0.39, 0.29) is 11.2 Å². The van der Waals surface area contributed by atoms with Crippen LogP contribution in [0.4, 0.5) is 5.82 Å². The number of piperazine rings is 1. The highest BCUT2D eigenvalue weighted by molar-refractivity contribution is 5.86. The molecule has 6 nitrogen and oxygen atoms in total. The van der Waals surface area contributed by atoms with Gasteiger partial charge in [-0.3, -0.25) is 0 Å². The highest BCUT2D eigenvalue weighted by atomic mass is 16.5. The van der Waals surface area contributed by atoms with Crippen molar-refractivity contribution in [2.45, 2.75) is 18.9 Å². The summed E-state index contributed by atoms with van der Waals surface area (Å²) in [5.74, 6) is 1.09. The van der Waals surface area contributed by atoms with Gasteiger partial charge in [0.05, 0.1) is 19.5 Å². The summed E-state index contributed by atoms with van der Waals surface area (Å²) in [5.41, 5.74) is 0.511. The van der Waals surface area contributed by atoms with Crippen molar-refractivity contribution in [2.24, 2.45) is 5.92 Å². The zero-order valence-corrected chi connectivity index (χ0v) is 11.2. The summed E-state index contributed by atoms with van der Waals surface area (Å²) in [7, 11) is 1.34. The van der Waals surface area contributed by atoms with Crippen molar-refractivity contribution in [3.05, 3.63) is 18.1 Å². The van der Waals surface area contributed by atoms with Crippen molar-refractivity contribution in [3.8, 4) is 0 Å². The second kappa shape index (κ2) is 4.45. The molecular formula is C13H18N4O2. The molecule has 102 valence electrons. The van der Waals surface area contributed by atoms with Gasteiger partial charge in [0.2, 0.25) is 0 Å². The first-order valence-electron chi connectivity index (χ1n) is 6.55. The van der Waals surface area contributed by atoms with E-state index in [9.17, 15) is 4.79 Å². The topological polar surface area (TPSA) is 67.3 Å². The predicted octanol–water partition coefficient (Wildman–Crippen LogP) is 0.451. The molecule has 2 atom stereocenters. The van der Waals surface area contributed by atoms with E-state index in [1.54, 1.807) is 6.20 Å². The Morgan fingerprint density at radius 3 is 2.89 bits per heavy atom. The molecule has 3 rings (SSSR count). The molecule has 2 heterocycles. The van der Waals surface area contributed by atoms with E-state index < -0.39 is 5.97 Å². The van der Waals surface area contributed by atoms with Crippen molar-refractivity contribution in [2.75, 3.05) is 31.6 Å². The Hall–Kier alpha value is -1.69. The van der Waals surface area contributed by atoms with Crippen LogP contribution in [0.5, 0.6) is 0 Å². The lowest BCUT2D eigenvalue weighted by Gasteiger charge is -2.35. The highest BCUT2D eigenvalue weighted by Crippen LogP contribution is 2.44. The van der Waals surface area contributed by atoms with Crippen molar-refractivity contribution < 1.29 is 9.53 Å². The van der Waals surface area contributed by atoms with Crippen molar-refractivity contribution in [3.63, 3.8) is 0 Å². The van der Waals surface area contributed by atoms with Gasteiger partial charge in [-0.2, -0.15) is 0 Å². The maximum atomic E-state index is 11.3. The van der Waals surface area contributed by atoms with Crippen LogP contribution < -0.4 is 10.2 Å². The molecule has 1 spiro atoms. The van der Waals surface area contributed by atoms with Crippen molar-refractivity contribution in [1.29, 1.82) is 0 Å². The molecule has 1 saturated heterocycles. The summed E-state index contributed by atoms with van der Waals surface area (Å²) >= 11 is 0. The summed E-state index contributed by atoms with van der Waals surface area (Å²) < 4.78 is 4.61. The van der Waals surface area contributed by atoms with E-state index in [0.29, 0.717) is 0 Å². The number of anilines is 1. The largest absolute Gasteiger partial charge is 0.464 e. The van der Waals surface area contributed by atoms with E-state index in [0.717, 1.165) is 31.4 Å². The minimum Gasteiger partial charge on any atom is -0.464 e. The van der Waals surface area contributed by atoms with Crippen LogP contribution in [0.15, 0.2) is 12.4 Å². The van der Waals surface area contributed by atoms with Gasteiger partial charge in [-0.15, -0.1) is 0 Å². The van der Waals surface area contributed by atoms with Gasteiger partial charge in [-0.05, 0) is 12.3 Å². The summed E-state index contributed by atoms with van der Waals surface area (Å²) in [6.45, 7) is 5.11. The molecular weight excluding hydrogens is 244 g/mol. The Labute approximate surface area is 112 Å². The molecule has 1 unspecified atom stereocenters. The Morgan fingerprint density at radius 1 is 1.53 bits per heavy atom. The van der Waals surface area contributed by atoms with E-state index in [1.165, 1.54) is 19.7 Å². The smallest absolute Gasteiger partial charge is 0.358 e. The average molecular weight is 262 g/mol. The first kappa shape index (κ1) is 12.3. The highest BCUT2D eigenvalue weighted by Gasteiger charge is 2.53. The van der Waals surface area contributed by atoms with Crippen LogP contribution in [0.2, 0.25) is 0 Å². The standard InChI is InChI=1S/C13H18N4O2/c1-9-5-13(9)8-17(4-3-16-13)11-7-14-10(6-15-11)12(18)19-2/h6-7,9,16H,3-5,8H2,1-2H3/t9-,13?/m1/s1. The zero-order chi connectivity index (χ0) is 13.5. The van der Waals surface area contributed by atoms with Crippen LogP contribution in [0.3, 0.4) is 0 Å². The van der Waals surface area contributed by atoms with Crippen LogP contribution >= 0.6 is 0 Å². The zero-order valence-electron chi connectivity index (χ0n) is 11.2. The van der Waals surface area contributed by atoms with E-state index in [1.807, 2.05) is 0 Å². The molecule has 0 aromatic carbocycles. The fourth-order valence-electron chi connectivity index (χ4n) is 2.76. The van der Waals surface area contributed by atoms with Gasteiger partial charge < -0.3 is 15.0 Å². The molecule has 2 fully saturated rings. The van der Waals surface area contributed by atoms with Gasteiger partial charge in [-0.1, -0.05) is 6.92 Å². The van der Waals surface area contributed by atoms with Crippen LogP contribution in [-0.4, -0.2) is 48.2 Å². The summed E-state index contributed by atoms with van der Waals surface area (Å²) in [4.78, 5) is 22.0. The molecule has 1 aliphatic carbocycles. The number of esters is 1. The number of aromatic nitrogens is 2. The third-order valence-corrected chi connectivity index (χ3v) is 4.14. The van der Waals surface area contributed by atoms with Crippen molar-refractivity contribution >= 4 is 11.8 Å². The fourth-order valence-corrected chi connectivity index (χ4v) is 2.76. The number of methoxy groups -OCH3 is 1. The third-order valence-electron chi connectivity index (χ3n) is 4.14. The molecule has 19 heavy (non-hydrogen) atoms. The number of carbonyl (C=O) groups excluding carboxylic acids is 1. The number of nitrogens with one attached hydrogen (secondary N) is 1. The first-order valence-corrected chi connectivity index (χ1v) is 6.55. The Morgan fingerprint density at radius 2 is 2.32 bits per heavy atom. The molecule has 0 radical (unpaired) electrons. The Bertz CT molecular complexity index is 490. The number of hydrogen-bond donors (Lipinski definition) is 1. The lowest BCUT2D eigenvalue weighted by atomic mass is 10.1. The van der Waals surface area contributed by atoms with Gasteiger partial charge in [0.15, 0.2) is 5.69 Å². The van der Waals surface area contributed by atoms with Gasteiger partial charge in [-0.25, -0.2) is 14.8 Å². The maximum absolute atomic E-state index is 11.3. The maximum Gasteiger partial charge on any atom is 0.358 e. The lowest BCUT2D eigenvalue weighted by Crippen LogP contribution is -2.53. The summed E-state index contributed by atoms with van der Waals surface area (Å²) in [6.07, 6.45) is 4.35. The second-order valence-electron chi connectivity index (χ2n) is 5.36. The van der Waals surface area contributed by atoms with Crippen LogP contribution in [0.25, 0.3) is 0 Å². The van der Waals surface area contributed by atoms with Crippen LogP contribution in [0, 0.1) is 5.92 Å². The first-order chi connectivity index (χ1) is 9.14. The third kappa shape index (κ3) is 2.16. The van der Waals surface area contributed by atoms with E-state index in [2.05, 4.69) is 31.8 Å². The summed E-state index contributed by atoms with van der Waals surface area (Å²) in [5, 5.41) is 3.59. The number of carbonyl (C=O) groups is 1. The average Bonchev–Trinajstić information content (AvgIpc) is 3.06. The van der Waals surface area contributed by atoms with Gasteiger partial charge in [0, 0.05) is 25.2 Å². The minimum absolute atomic E-state index is 0.246. The monoisotopic (exact) mass is 262 g/mol. The molecule has 1 aromatic rings. The molecule has 1 N–H and O–H groups in total. The van der Waals surface area contributed by atoms with Crippen LogP contribution in [-0.2, 0) is 4.74 Å². The molecule has 1 aromatic heterocycles. The summed E-state index contributed by atoms with van der Waals surface area (Å²) in [6, 6.07) is 0. The van der Waals surface area contributed by atoms with Gasteiger partial charge >= 0.3 is 5.97 Å². The van der Waals surface area contributed by atoms with Gasteiger partial charge in [0.1, 0.15) is 5.82 Å². The van der Waals surface area contributed by atoms with E-state index in [4.69, 9.17) is 0 Å².